The predicted molar refractivity (Wildman–Crippen MR) is 64.6 cm³/mol. The standard InChI is InChI=1S/C13H13F4N3O/c1-11(2,14)10-6-9(20-21-10)7-12(8-18,19-3)4-5-13(15,16)17/h6H,4-5,7H2,1-2H3. The van der Waals surface area contributed by atoms with E-state index in [9.17, 15) is 17.6 Å². The summed E-state index contributed by atoms with van der Waals surface area (Å²) < 4.78 is 55.2. The van der Waals surface area contributed by atoms with E-state index in [1.807, 2.05) is 0 Å². The molecule has 0 N–H and O–H groups in total. The second kappa shape index (κ2) is 5.72. The molecule has 1 aromatic rings. The van der Waals surface area contributed by atoms with Gasteiger partial charge in [-0.3, -0.25) is 4.85 Å². The summed E-state index contributed by atoms with van der Waals surface area (Å²) in [6.07, 6.45) is -6.72. The zero-order valence-electron chi connectivity index (χ0n) is 11.5. The van der Waals surface area contributed by atoms with E-state index in [1.54, 1.807) is 6.07 Å². The molecule has 0 saturated heterocycles. The van der Waals surface area contributed by atoms with E-state index in [0.29, 0.717) is 0 Å². The lowest BCUT2D eigenvalue weighted by Crippen LogP contribution is -2.28. The molecule has 0 amide bonds. The zero-order chi connectivity index (χ0) is 16.3. The Morgan fingerprint density at radius 2 is 1.95 bits per heavy atom. The summed E-state index contributed by atoms with van der Waals surface area (Å²) in [5, 5.41) is 12.6. The average Bonchev–Trinajstić information content (AvgIpc) is 2.82. The van der Waals surface area contributed by atoms with Crippen molar-refractivity contribution in [2.24, 2.45) is 0 Å². The van der Waals surface area contributed by atoms with Gasteiger partial charge in [0, 0.05) is 12.5 Å². The molecule has 0 fully saturated rings. The van der Waals surface area contributed by atoms with Gasteiger partial charge in [-0.15, -0.1) is 0 Å². The fourth-order valence-electron chi connectivity index (χ4n) is 1.63. The third-order valence-electron chi connectivity index (χ3n) is 2.86. The highest BCUT2D eigenvalue weighted by Gasteiger charge is 2.43. The summed E-state index contributed by atoms with van der Waals surface area (Å²) in [5.41, 5.74) is -3.61. The quantitative estimate of drug-likeness (QED) is 0.611. The molecular formula is C13H13F4N3O. The molecule has 0 saturated carbocycles. The van der Waals surface area contributed by atoms with Crippen LogP contribution in [0, 0.1) is 17.9 Å². The molecule has 0 aromatic carbocycles. The number of hydrogen-bond acceptors (Lipinski definition) is 3. The van der Waals surface area contributed by atoms with Crippen LogP contribution in [0.25, 0.3) is 4.85 Å². The molecular weight excluding hydrogens is 290 g/mol. The van der Waals surface area contributed by atoms with E-state index in [-0.39, 0.29) is 17.9 Å². The number of halogens is 4. The monoisotopic (exact) mass is 303 g/mol. The zero-order valence-corrected chi connectivity index (χ0v) is 11.5. The summed E-state index contributed by atoms with van der Waals surface area (Å²) >= 11 is 0. The van der Waals surface area contributed by atoms with Gasteiger partial charge in [-0.05, 0) is 13.8 Å². The van der Waals surface area contributed by atoms with Crippen LogP contribution in [-0.2, 0) is 12.1 Å². The molecule has 0 spiro atoms. The van der Waals surface area contributed by atoms with E-state index in [1.165, 1.54) is 19.9 Å². The van der Waals surface area contributed by atoms with Crippen molar-refractivity contribution in [2.75, 3.05) is 0 Å². The Bertz CT molecular complexity index is 558. The molecule has 8 heteroatoms. The van der Waals surface area contributed by atoms with Gasteiger partial charge < -0.3 is 4.52 Å². The first-order chi connectivity index (χ1) is 9.51. The predicted octanol–water partition coefficient (Wildman–Crippen LogP) is 3.95. The van der Waals surface area contributed by atoms with Crippen molar-refractivity contribution < 1.29 is 22.1 Å². The summed E-state index contributed by atoms with van der Waals surface area (Å²) in [7, 11) is 0. The Balaban J connectivity index is 2.92. The van der Waals surface area contributed by atoms with Crippen LogP contribution >= 0.6 is 0 Å². The SMILES string of the molecule is [C-]#[N+]C(C#N)(CCC(F)(F)F)Cc1cc(C(C)(C)F)on1. The maximum atomic E-state index is 13.6. The van der Waals surface area contributed by atoms with E-state index in [0.717, 1.165) is 0 Å². The van der Waals surface area contributed by atoms with Crippen LogP contribution in [0.3, 0.4) is 0 Å². The van der Waals surface area contributed by atoms with Crippen LogP contribution in [0.1, 0.15) is 38.1 Å². The second-order valence-electron chi connectivity index (χ2n) is 5.20. The summed E-state index contributed by atoms with van der Waals surface area (Å²) in [6.45, 7) is 9.46. The van der Waals surface area contributed by atoms with Crippen LogP contribution in [0.2, 0.25) is 0 Å². The van der Waals surface area contributed by atoms with Gasteiger partial charge in [0.15, 0.2) is 17.5 Å². The number of aromatic nitrogens is 1. The number of rotatable bonds is 5. The third-order valence-corrected chi connectivity index (χ3v) is 2.86. The Kier molecular flexibility index (Phi) is 4.62. The molecule has 1 heterocycles. The van der Waals surface area contributed by atoms with E-state index < -0.39 is 30.2 Å². The molecule has 0 bridgehead atoms. The Morgan fingerprint density at radius 1 is 1.33 bits per heavy atom. The van der Waals surface area contributed by atoms with E-state index in [2.05, 4.69) is 10.0 Å². The van der Waals surface area contributed by atoms with Gasteiger partial charge in [-0.1, -0.05) is 5.16 Å². The highest BCUT2D eigenvalue weighted by Crippen LogP contribution is 2.31. The molecule has 1 unspecified atom stereocenters. The van der Waals surface area contributed by atoms with Crippen molar-refractivity contribution in [2.45, 2.75) is 50.5 Å². The molecule has 0 aliphatic rings. The van der Waals surface area contributed by atoms with Crippen molar-refractivity contribution >= 4 is 0 Å². The topological polar surface area (TPSA) is 54.2 Å². The first-order valence-electron chi connectivity index (χ1n) is 6.03. The number of nitriles is 1. The van der Waals surface area contributed by atoms with Crippen LogP contribution < -0.4 is 0 Å². The number of alkyl halides is 4. The Hall–Kier alpha value is -2.09. The van der Waals surface area contributed by atoms with E-state index in [4.69, 9.17) is 16.4 Å². The van der Waals surface area contributed by atoms with Gasteiger partial charge >= 0.3 is 11.7 Å². The summed E-state index contributed by atoms with van der Waals surface area (Å²) in [4.78, 5) is 3.02. The Labute approximate surface area is 119 Å². The normalized spacial score (nSPS) is 15.0. The van der Waals surface area contributed by atoms with Gasteiger partial charge in [0.1, 0.15) is 0 Å². The fraction of sp³-hybridized carbons (Fsp3) is 0.615. The molecule has 0 aliphatic heterocycles. The summed E-state index contributed by atoms with van der Waals surface area (Å²) in [5.74, 6) is -0.106. The van der Waals surface area contributed by atoms with Crippen molar-refractivity contribution in [3.05, 3.63) is 28.9 Å². The maximum absolute atomic E-state index is 13.6. The van der Waals surface area contributed by atoms with Gasteiger partial charge in [-0.25, -0.2) is 11.0 Å². The lowest BCUT2D eigenvalue weighted by molar-refractivity contribution is -0.136. The molecule has 1 atom stereocenters. The molecule has 21 heavy (non-hydrogen) atoms. The first kappa shape index (κ1) is 17.0. The smallest absolute Gasteiger partial charge is 0.358 e. The maximum Gasteiger partial charge on any atom is 0.389 e. The van der Waals surface area contributed by atoms with Crippen molar-refractivity contribution in [1.29, 1.82) is 5.26 Å². The van der Waals surface area contributed by atoms with Crippen molar-refractivity contribution in [3.63, 3.8) is 0 Å². The first-order valence-corrected chi connectivity index (χ1v) is 6.03. The second-order valence-corrected chi connectivity index (χ2v) is 5.20. The van der Waals surface area contributed by atoms with E-state index >= 15 is 0 Å². The van der Waals surface area contributed by atoms with Crippen LogP contribution in [0.15, 0.2) is 10.6 Å². The minimum atomic E-state index is -4.46. The molecule has 0 aliphatic carbocycles. The van der Waals surface area contributed by atoms with Crippen LogP contribution in [-0.4, -0.2) is 16.9 Å². The largest absolute Gasteiger partial charge is 0.389 e. The van der Waals surface area contributed by atoms with Gasteiger partial charge in [0.2, 0.25) is 0 Å². The highest BCUT2D eigenvalue weighted by atomic mass is 19.4. The molecule has 114 valence electrons. The number of hydrogen-bond donors (Lipinski definition) is 0. The average molecular weight is 303 g/mol. The molecule has 4 nitrogen and oxygen atoms in total. The summed E-state index contributed by atoms with van der Waals surface area (Å²) in [6, 6.07) is 2.82. The van der Waals surface area contributed by atoms with Gasteiger partial charge in [-0.2, -0.15) is 18.4 Å². The van der Waals surface area contributed by atoms with Crippen molar-refractivity contribution in [3.8, 4) is 6.07 Å². The molecule has 1 rings (SSSR count). The lowest BCUT2D eigenvalue weighted by atomic mass is 9.90. The molecule has 1 aromatic heterocycles. The molecule has 0 radical (unpaired) electrons. The van der Waals surface area contributed by atoms with Gasteiger partial charge in [0.05, 0.1) is 18.5 Å². The number of nitrogens with zero attached hydrogens (tertiary/aromatic N) is 3. The lowest BCUT2D eigenvalue weighted by Gasteiger charge is -2.14. The third kappa shape index (κ3) is 4.75. The minimum Gasteiger partial charge on any atom is -0.358 e. The van der Waals surface area contributed by atoms with Crippen LogP contribution in [0.4, 0.5) is 17.6 Å². The Morgan fingerprint density at radius 3 is 2.33 bits per heavy atom. The fourth-order valence-corrected chi connectivity index (χ4v) is 1.63. The van der Waals surface area contributed by atoms with Crippen molar-refractivity contribution in [1.82, 2.24) is 5.16 Å². The minimum absolute atomic E-state index is 0.0791. The van der Waals surface area contributed by atoms with Crippen LogP contribution in [0.5, 0.6) is 0 Å². The van der Waals surface area contributed by atoms with Gasteiger partial charge in [0.25, 0.3) is 0 Å². The highest BCUT2D eigenvalue weighted by molar-refractivity contribution is 5.23.